The van der Waals surface area contributed by atoms with E-state index in [1.54, 1.807) is 22.7 Å². The Morgan fingerprint density at radius 1 is 1.00 bits per heavy atom. The lowest BCUT2D eigenvalue weighted by Crippen LogP contribution is -1.73. The molecule has 0 aliphatic carbocycles. The predicted molar refractivity (Wildman–Crippen MR) is 76.4 cm³/mol. The normalized spacial score (nSPS) is 11.8. The van der Waals surface area contributed by atoms with Crippen molar-refractivity contribution >= 4 is 52.9 Å². The largest absolute Gasteiger partial charge is 0.507 e. The summed E-state index contributed by atoms with van der Waals surface area (Å²) in [6.07, 6.45) is 0. The van der Waals surface area contributed by atoms with Crippen molar-refractivity contribution in [2.24, 2.45) is 0 Å². The van der Waals surface area contributed by atoms with Gasteiger partial charge in [0.2, 0.25) is 0 Å². The first-order valence-corrected chi connectivity index (χ1v) is 7.04. The third-order valence-corrected chi connectivity index (χ3v) is 5.30. The van der Waals surface area contributed by atoms with E-state index in [1.807, 2.05) is 24.3 Å². The molecule has 0 saturated heterocycles. The number of phenols is 1. The van der Waals surface area contributed by atoms with Crippen molar-refractivity contribution < 1.29 is 5.11 Å². The molecule has 3 heteroatoms. The van der Waals surface area contributed by atoms with Crippen LogP contribution in [-0.2, 0) is 0 Å². The van der Waals surface area contributed by atoms with E-state index in [2.05, 4.69) is 17.5 Å². The Labute approximate surface area is 106 Å². The zero-order valence-electron chi connectivity index (χ0n) is 8.81. The van der Waals surface area contributed by atoms with E-state index < -0.39 is 0 Å². The zero-order valence-corrected chi connectivity index (χ0v) is 10.4. The smallest absolute Gasteiger partial charge is 0.126 e. The molecule has 0 aliphatic rings. The second-order valence-electron chi connectivity index (χ2n) is 4.04. The molecule has 2 aromatic carbocycles. The SMILES string of the molecule is Oc1cc2ccccc2c2sc3ccsc3c12. The first-order chi connectivity index (χ1) is 8.34. The summed E-state index contributed by atoms with van der Waals surface area (Å²) in [6.45, 7) is 0. The Balaban J connectivity index is 2.39. The summed E-state index contributed by atoms with van der Waals surface area (Å²) in [5, 5.41) is 15.6. The lowest BCUT2D eigenvalue weighted by molar-refractivity contribution is 0.483. The molecule has 0 fully saturated rings. The van der Waals surface area contributed by atoms with Crippen molar-refractivity contribution in [2.45, 2.75) is 0 Å². The molecule has 0 aliphatic heterocycles. The molecule has 0 bridgehead atoms. The van der Waals surface area contributed by atoms with Gasteiger partial charge in [-0.1, -0.05) is 24.3 Å². The summed E-state index contributed by atoms with van der Waals surface area (Å²) >= 11 is 3.46. The number of rotatable bonds is 0. The quantitative estimate of drug-likeness (QED) is 0.470. The van der Waals surface area contributed by atoms with E-state index >= 15 is 0 Å². The van der Waals surface area contributed by atoms with Gasteiger partial charge in [-0.25, -0.2) is 0 Å². The summed E-state index contributed by atoms with van der Waals surface area (Å²) in [6, 6.07) is 12.2. The van der Waals surface area contributed by atoms with Gasteiger partial charge in [0.15, 0.2) is 0 Å². The maximum atomic E-state index is 10.2. The summed E-state index contributed by atoms with van der Waals surface area (Å²) < 4.78 is 3.66. The van der Waals surface area contributed by atoms with Crippen molar-refractivity contribution in [3.05, 3.63) is 41.8 Å². The van der Waals surface area contributed by atoms with Crippen LogP contribution in [0.15, 0.2) is 41.8 Å². The van der Waals surface area contributed by atoms with Crippen molar-refractivity contribution in [1.29, 1.82) is 0 Å². The number of benzene rings is 2. The molecule has 0 saturated carbocycles. The fourth-order valence-corrected chi connectivity index (χ4v) is 4.72. The molecule has 4 aromatic rings. The Hall–Kier alpha value is -1.58. The van der Waals surface area contributed by atoms with Crippen LogP contribution in [-0.4, -0.2) is 5.11 Å². The molecule has 1 N–H and O–H groups in total. The van der Waals surface area contributed by atoms with Crippen LogP contribution in [0.3, 0.4) is 0 Å². The van der Waals surface area contributed by atoms with Gasteiger partial charge in [0, 0.05) is 9.40 Å². The number of hydrogen-bond donors (Lipinski definition) is 1. The van der Waals surface area contributed by atoms with E-state index in [4.69, 9.17) is 0 Å². The van der Waals surface area contributed by atoms with Crippen molar-refractivity contribution in [3.63, 3.8) is 0 Å². The van der Waals surface area contributed by atoms with Gasteiger partial charge in [0.25, 0.3) is 0 Å². The van der Waals surface area contributed by atoms with Gasteiger partial charge in [-0.3, -0.25) is 0 Å². The third kappa shape index (κ3) is 1.18. The van der Waals surface area contributed by atoms with Gasteiger partial charge in [-0.2, -0.15) is 0 Å². The second-order valence-corrected chi connectivity index (χ2v) is 6.01. The average molecular weight is 256 g/mol. The van der Waals surface area contributed by atoms with Crippen LogP contribution in [0, 0.1) is 0 Å². The van der Waals surface area contributed by atoms with E-state index in [0.29, 0.717) is 5.75 Å². The van der Waals surface area contributed by atoms with Crippen LogP contribution in [0.5, 0.6) is 5.75 Å². The minimum atomic E-state index is 0.396. The standard InChI is InChI=1S/C14H8OS2/c15-10-7-8-3-1-2-4-9(8)13-12(10)14-11(17-13)5-6-16-14/h1-7,15H. The van der Waals surface area contributed by atoms with Crippen LogP contribution in [0.4, 0.5) is 0 Å². The molecule has 82 valence electrons. The first-order valence-electron chi connectivity index (χ1n) is 5.35. The van der Waals surface area contributed by atoms with Crippen molar-refractivity contribution in [1.82, 2.24) is 0 Å². The van der Waals surface area contributed by atoms with Gasteiger partial charge < -0.3 is 5.11 Å². The van der Waals surface area contributed by atoms with Crippen LogP contribution < -0.4 is 0 Å². The van der Waals surface area contributed by atoms with E-state index in [1.165, 1.54) is 19.5 Å². The lowest BCUT2D eigenvalue weighted by atomic mass is 10.1. The van der Waals surface area contributed by atoms with Crippen LogP contribution in [0.25, 0.3) is 30.3 Å². The third-order valence-electron chi connectivity index (χ3n) is 3.05. The minimum Gasteiger partial charge on any atom is -0.507 e. The van der Waals surface area contributed by atoms with Crippen LogP contribution >= 0.6 is 22.7 Å². The lowest BCUT2D eigenvalue weighted by Gasteiger charge is -2.01. The molecule has 17 heavy (non-hydrogen) atoms. The van der Waals surface area contributed by atoms with E-state index in [-0.39, 0.29) is 0 Å². The highest BCUT2D eigenvalue weighted by Crippen LogP contribution is 2.45. The Morgan fingerprint density at radius 2 is 1.88 bits per heavy atom. The van der Waals surface area contributed by atoms with Gasteiger partial charge in [0.05, 0.1) is 10.1 Å². The molecule has 0 atom stereocenters. The van der Waals surface area contributed by atoms with Gasteiger partial charge >= 0.3 is 0 Å². The minimum absolute atomic E-state index is 0.396. The van der Waals surface area contributed by atoms with E-state index in [0.717, 1.165) is 10.8 Å². The summed E-state index contributed by atoms with van der Waals surface area (Å²) in [5.41, 5.74) is 0. The predicted octanol–water partition coefficient (Wildman–Crippen LogP) is 4.97. The molecule has 0 unspecified atom stereocenters. The molecule has 2 aromatic heterocycles. The van der Waals surface area contributed by atoms with Crippen molar-refractivity contribution in [3.8, 4) is 5.75 Å². The summed E-state index contributed by atoms with van der Waals surface area (Å²) in [7, 11) is 0. The number of aromatic hydroxyl groups is 1. The Kier molecular flexibility index (Phi) is 1.79. The van der Waals surface area contributed by atoms with Crippen molar-refractivity contribution in [2.75, 3.05) is 0 Å². The number of thiophene rings is 2. The fraction of sp³-hybridized carbons (Fsp3) is 0. The molecule has 2 heterocycles. The maximum absolute atomic E-state index is 10.2. The molecule has 0 radical (unpaired) electrons. The Bertz CT molecular complexity index is 854. The Morgan fingerprint density at radius 3 is 2.82 bits per heavy atom. The molecular formula is C14H8OS2. The van der Waals surface area contributed by atoms with Crippen LogP contribution in [0.2, 0.25) is 0 Å². The average Bonchev–Trinajstić information content (AvgIpc) is 2.88. The van der Waals surface area contributed by atoms with E-state index in [9.17, 15) is 5.11 Å². The second kappa shape index (κ2) is 3.22. The van der Waals surface area contributed by atoms with Crippen LogP contribution in [0.1, 0.15) is 0 Å². The highest BCUT2D eigenvalue weighted by molar-refractivity contribution is 7.32. The molecule has 4 rings (SSSR count). The number of hydrogen-bond acceptors (Lipinski definition) is 3. The molecule has 0 amide bonds. The van der Waals surface area contributed by atoms with Gasteiger partial charge in [-0.15, -0.1) is 22.7 Å². The monoisotopic (exact) mass is 256 g/mol. The fourth-order valence-electron chi connectivity index (χ4n) is 2.30. The summed E-state index contributed by atoms with van der Waals surface area (Å²) in [4.78, 5) is 0. The van der Waals surface area contributed by atoms with Gasteiger partial charge in [-0.05, 0) is 28.3 Å². The highest BCUT2D eigenvalue weighted by Gasteiger charge is 2.13. The zero-order chi connectivity index (χ0) is 11.4. The molecule has 0 spiro atoms. The molecular weight excluding hydrogens is 248 g/mol. The topological polar surface area (TPSA) is 20.2 Å². The first kappa shape index (κ1) is 9.45. The number of phenolic OH excluding ortho intramolecular Hbond substituents is 1. The maximum Gasteiger partial charge on any atom is 0.126 e. The highest BCUT2D eigenvalue weighted by atomic mass is 32.1. The number of fused-ring (bicyclic) bond motifs is 5. The van der Waals surface area contributed by atoms with Gasteiger partial charge in [0.1, 0.15) is 5.75 Å². The molecule has 1 nitrogen and oxygen atoms in total. The summed E-state index contributed by atoms with van der Waals surface area (Å²) in [5.74, 6) is 0.396.